The van der Waals surface area contributed by atoms with Crippen molar-refractivity contribution in [2.24, 2.45) is 5.92 Å². The van der Waals surface area contributed by atoms with Gasteiger partial charge in [-0.2, -0.15) is 13.2 Å². The second-order valence-electron chi connectivity index (χ2n) is 6.50. The van der Waals surface area contributed by atoms with Crippen molar-refractivity contribution in [2.75, 3.05) is 13.1 Å². The van der Waals surface area contributed by atoms with E-state index in [0.717, 1.165) is 18.9 Å². The molecule has 0 aromatic carbocycles. The predicted molar refractivity (Wildman–Crippen MR) is 72.6 cm³/mol. The van der Waals surface area contributed by atoms with E-state index < -0.39 is 11.7 Å². The fraction of sp³-hybridized carbons (Fsp3) is 0.800. The highest BCUT2D eigenvalue weighted by Gasteiger charge is 2.37. The average Bonchev–Trinajstić information content (AvgIpc) is 2.77. The summed E-state index contributed by atoms with van der Waals surface area (Å²) in [7, 11) is 0. The number of nitrogens with one attached hydrogen (secondary N) is 1. The van der Waals surface area contributed by atoms with Crippen molar-refractivity contribution in [1.82, 2.24) is 10.2 Å². The lowest BCUT2D eigenvalue weighted by atomic mass is 9.89. The summed E-state index contributed by atoms with van der Waals surface area (Å²) < 4.78 is 37.7. The maximum absolute atomic E-state index is 12.6. The number of nitrogens with zero attached hydrogens (tertiary/aromatic N) is 1. The molecule has 3 aliphatic heterocycles. The van der Waals surface area contributed by atoms with Gasteiger partial charge in [-0.3, -0.25) is 4.79 Å². The molecule has 2 bridgehead atoms. The van der Waals surface area contributed by atoms with Gasteiger partial charge in [0.15, 0.2) is 0 Å². The molecular weight excluding hydrogens is 281 g/mol. The van der Waals surface area contributed by atoms with Gasteiger partial charge in [-0.1, -0.05) is 6.08 Å². The highest BCUT2D eigenvalue weighted by molar-refractivity contribution is 5.77. The van der Waals surface area contributed by atoms with E-state index in [9.17, 15) is 18.0 Å². The molecule has 2 unspecified atom stereocenters. The van der Waals surface area contributed by atoms with Crippen LogP contribution in [0.5, 0.6) is 0 Å². The van der Waals surface area contributed by atoms with Crippen LogP contribution in [0, 0.1) is 5.92 Å². The SMILES string of the molecule is O=C(CC1CC2CCC(C1)N2)N1CC=C(C(F)(F)F)CC1. The predicted octanol–water partition coefficient (Wildman–Crippen LogP) is 2.63. The number of halogens is 3. The molecule has 21 heavy (non-hydrogen) atoms. The van der Waals surface area contributed by atoms with Crippen LogP contribution < -0.4 is 5.32 Å². The fourth-order valence-electron chi connectivity index (χ4n) is 3.87. The Morgan fingerprint density at radius 2 is 1.95 bits per heavy atom. The molecule has 0 radical (unpaired) electrons. The van der Waals surface area contributed by atoms with Crippen molar-refractivity contribution in [1.29, 1.82) is 0 Å². The Kier molecular flexibility index (Phi) is 3.99. The van der Waals surface area contributed by atoms with Gasteiger partial charge < -0.3 is 10.2 Å². The van der Waals surface area contributed by atoms with E-state index in [2.05, 4.69) is 5.32 Å². The zero-order valence-corrected chi connectivity index (χ0v) is 12.0. The number of fused-ring (bicyclic) bond motifs is 2. The number of hydrogen-bond acceptors (Lipinski definition) is 2. The van der Waals surface area contributed by atoms with Crippen molar-refractivity contribution in [3.05, 3.63) is 11.6 Å². The highest BCUT2D eigenvalue weighted by Crippen LogP contribution is 2.34. The zero-order valence-electron chi connectivity index (χ0n) is 12.0. The van der Waals surface area contributed by atoms with Crippen molar-refractivity contribution in [3.8, 4) is 0 Å². The van der Waals surface area contributed by atoms with Crippen LogP contribution in [0.25, 0.3) is 0 Å². The van der Waals surface area contributed by atoms with E-state index in [0.29, 0.717) is 24.4 Å². The van der Waals surface area contributed by atoms with Crippen LogP contribution in [0.2, 0.25) is 0 Å². The quantitative estimate of drug-likeness (QED) is 0.795. The van der Waals surface area contributed by atoms with Crippen LogP contribution in [0.3, 0.4) is 0 Å². The molecule has 3 nitrogen and oxygen atoms in total. The Bertz CT molecular complexity index is 435. The average molecular weight is 302 g/mol. The summed E-state index contributed by atoms with van der Waals surface area (Å²) in [6.45, 7) is 0.299. The maximum Gasteiger partial charge on any atom is 0.412 e. The van der Waals surface area contributed by atoms with Gasteiger partial charge in [0.2, 0.25) is 5.91 Å². The van der Waals surface area contributed by atoms with E-state index in [-0.39, 0.29) is 25.4 Å². The molecule has 0 spiro atoms. The first kappa shape index (κ1) is 14.9. The Balaban J connectivity index is 1.52. The number of carbonyl (C=O) groups excluding carboxylic acids is 1. The van der Waals surface area contributed by atoms with Crippen LogP contribution >= 0.6 is 0 Å². The lowest BCUT2D eigenvalue weighted by molar-refractivity contribution is -0.133. The third kappa shape index (κ3) is 3.42. The summed E-state index contributed by atoms with van der Waals surface area (Å²) in [6, 6.07) is 1.08. The second kappa shape index (κ2) is 5.63. The van der Waals surface area contributed by atoms with E-state index in [1.165, 1.54) is 12.8 Å². The first-order chi connectivity index (χ1) is 9.91. The first-order valence-electron chi connectivity index (χ1n) is 7.72. The van der Waals surface area contributed by atoms with Crippen molar-refractivity contribution >= 4 is 5.91 Å². The molecule has 6 heteroatoms. The van der Waals surface area contributed by atoms with Crippen molar-refractivity contribution in [2.45, 2.75) is 56.8 Å². The van der Waals surface area contributed by atoms with Crippen LogP contribution in [-0.4, -0.2) is 42.2 Å². The van der Waals surface area contributed by atoms with E-state index >= 15 is 0 Å². The van der Waals surface area contributed by atoms with Crippen LogP contribution in [0.1, 0.15) is 38.5 Å². The maximum atomic E-state index is 12.6. The van der Waals surface area contributed by atoms with Gasteiger partial charge in [-0.25, -0.2) is 0 Å². The fourth-order valence-corrected chi connectivity index (χ4v) is 3.87. The minimum Gasteiger partial charge on any atom is -0.339 e. The second-order valence-corrected chi connectivity index (χ2v) is 6.50. The highest BCUT2D eigenvalue weighted by atomic mass is 19.4. The van der Waals surface area contributed by atoms with Crippen LogP contribution in [0.15, 0.2) is 11.6 Å². The van der Waals surface area contributed by atoms with Gasteiger partial charge in [0.25, 0.3) is 0 Å². The molecule has 2 fully saturated rings. The number of alkyl halides is 3. The molecule has 3 heterocycles. The minimum absolute atomic E-state index is 0.0128. The normalized spacial score (nSPS) is 33.0. The lowest BCUT2D eigenvalue weighted by Crippen LogP contribution is -2.41. The van der Waals surface area contributed by atoms with Gasteiger partial charge in [0, 0.05) is 37.2 Å². The number of piperidine rings is 1. The standard InChI is InChI=1S/C15H21F3N2O/c16-15(17,18)11-3-5-20(6-4-11)14(21)9-10-7-12-1-2-13(8-10)19-12/h3,10,12-13,19H,1-2,4-9H2. The van der Waals surface area contributed by atoms with Gasteiger partial charge in [0.1, 0.15) is 0 Å². The summed E-state index contributed by atoms with van der Waals surface area (Å²) >= 11 is 0. The Labute approximate surface area is 122 Å². The Morgan fingerprint density at radius 1 is 1.29 bits per heavy atom. The molecule has 1 N–H and O–H groups in total. The first-order valence-corrected chi connectivity index (χ1v) is 7.72. The molecule has 2 atom stereocenters. The minimum atomic E-state index is -4.25. The van der Waals surface area contributed by atoms with Crippen LogP contribution in [0.4, 0.5) is 13.2 Å². The Morgan fingerprint density at radius 3 is 2.48 bits per heavy atom. The smallest absolute Gasteiger partial charge is 0.339 e. The summed E-state index contributed by atoms with van der Waals surface area (Å²) in [5.74, 6) is 0.406. The van der Waals surface area contributed by atoms with Gasteiger partial charge in [-0.05, 0) is 38.0 Å². The molecule has 0 aromatic rings. The molecule has 0 aromatic heterocycles. The summed E-state index contributed by atoms with van der Waals surface area (Å²) in [5.41, 5.74) is -0.494. The number of amides is 1. The van der Waals surface area contributed by atoms with E-state index in [1.54, 1.807) is 4.90 Å². The Hall–Kier alpha value is -1.04. The largest absolute Gasteiger partial charge is 0.412 e. The summed E-state index contributed by atoms with van der Waals surface area (Å²) in [5, 5.41) is 3.54. The van der Waals surface area contributed by atoms with Crippen molar-refractivity contribution in [3.63, 3.8) is 0 Å². The molecule has 3 aliphatic rings. The number of rotatable bonds is 2. The number of carbonyl (C=O) groups is 1. The lowest BCUT2D eigenvalue weighted by Gasteiger charge is -2.32. The molecule has 118 valence electrons. The molecule has 1 amide bonds. The van der Waals surface area contributed by atoms with Crippen LogP contribution in [-0.2, 0) is 4.79 Å². The molecule has 0 saturated carbocycles. The summed E-state index contributed by atoms with van der Waals surface area (Å²) in [6.07, 6.45) is 1.76. The number of hydrogen-bond donors (Lipinski definition) is 1. The van der Waals surface area contributed by atoms with E-state index in [1.807, 2.05) is 0 Å². The molecular formula is C15H21F3N2O. The summed E-state index contributed by atoms with van der Waals surface area (Å²) in [4.78, 5) is 13.8. The zero-order chi connectivity index (χ0) is 15.0. The van der Waals surface area contributed by atoms with Gasteiger partial charge >= 0.3 is 6.18 Å². The van der Waals surface area contributed by atoms with Gasteiger partial charge in [0.05, 0.1) is 0 Å². The molecule has 3 rings (SSSR count). The van der Waals surface area contributed by atoms with Gasteiger partial charge in [-0.15, -0.1) is 0 Å². The van der Waals surface area contributed by atoms with E-state index in [4.69, 9.17) is 0 Å². The van der Waals surface area contributed by atoms with Crippen molar-refractivity contribution < 1.29 is 18.0 Å². The molecule has 2 saturated heterocycles. The topological polar surface area (TPSA) is 32.3 Å². The monoisotopic (exact) mass is 302 g/mol. The third-order valence-corrected chi connectivity index (χ3v) is 4.96. The molecule has 0 aliphatic carbocycles. The third-order valence-electron chi connectivity index (χ3n) is 4.96.